The number of halogens is 3. The molecule has 0 fully saturated rings. The number of nitrogens with one attached hydrogen (secondary N) is 3. The van der Waals surface area contributed by atoms with Crippen LogP contribution in [0.15, 0.2) is 48.8 Å². The maximum Gasteiger partial charge on any atom is 0.573 e. The first-order valence-corrected chi connectivity index (χ1v) is 7.92. The van der Waals surface area contributed by atoms with Gasteiger partial charge in [0.1, 0.15) is 11.6 Å². The highest BCUT2D eigenvalue weighted by molar-refractivity contribution is 6.16. The van der Waals surface area contributed by atoms with E-state index in [0.717, 1.165) is 0 Å². The number of nitrogens with two attached hydrogens (primary N) is 1. The Kier molecular flexibility index (Phi) is 6.17. The van der Waals surface area contributed by atoms with E-state index in [1.165, 1.54) is 42.7 Å². The van der Waals surface area contributed by atoms with Crippen molar-refractivity contribution in [3.8, 4) is 5.75 Å². The van der Waals surface area contributed by atoms with Crippen molar-refractivity contribution in [2.24, 2.45) is 5.73 Å². The minimum atomic E-state index is -4.76. The third kappa shape index (κ3) is 5.30. The van der Waals surface area contributed by atoms with Crippen LogP contribution < -0.4 is 15.8 Å². The van der Waals surface area contributed by atoms with E-state index in [9.17, 15) is 13.2 Å². The molecule has 1 aromatic carbocycles. The summed E-state index contributed by atoms with van der Waals surface area (Å²) in [5, 5.41) is 19.3. The van der Waals surface area contributed by atoms with E-state index >= 15 is 0 Å². The van der Waals surface area contributed by atoms with Gasteiger partial charge in [-0.15, -0.1) is 13.2 Å². The minimum Gasteiger partial charge on any atom is -0.406 e. The van der Waals surface area contributed by atoms with Gasteiger partial charge in [0.05, 0.1) is 5.71 Å². The lowest BCUT2D eigenvalue weighted by Gasteiger charge is -2.16. The average Bonchev–Trinajstić information content (AvgIpc) is 2.61. The third-order valence-corrected chi connectivity index (χ3v) is 3.51. The van der Waals surface area contributed by atoms with Gasteiger partial charge in [-0.25, -0.2) is 4.98 Å². The van der Waals surface area contributed by atoms with Gasteiger partial charge in [-0.05, 0) is 49.0 Å². The smallest absolute Gasteiger partial charge is 0.406 e. The molecule has 0 atom stereocenters. The van der Waals surface area contributed by atoms with Crippen molar-refractivity contribution in [2.45, 2.75) is 19.7 Å². The minimum absolute atomic E-state index is 0.116. The number of benzene rings is 1. The van der Waals surface area contributed by atoms with E-state index in [0.29, 0.717) is 29.1 Å². The number of hydrogen-bond acceptors (Lipinski definition) is 6. The van der Waals surface area contributed by atoms with Gasteiger partial charge in [-0.2, -0.15) is 0 Å². The lowest BCUT2D eigenvalue weighted by Crippen LogP contribution is -2.17. The largest absolute Gasteiger partial charge is 0.573 e. The molecule has 2 rings (SSSR count). The summed E-state index contributed by atoms with van der Waals surface area (Å²) in [5.74, 6) is -0.0230. The maximum absolute atomic E-state index is 12.2. The fourth-order valence-corrected chi connectivity index (χ4v) is 2.33. The predicted octanol–water partition coefficient (Wildman–Crippen LogP) is 4.34. The Labute approximate surface area is 153 Å². The monoisotopic (exact) mass is 377 g/mol. The van der Waals surface area contributed by atoms with Crippen molar-refractivity contribution < 1.29 is 17.9 Å². The molecule has 0 aliphatic heterocycles. The first kappa shape index (κ1) is 20.0. The van der Waals surface area contributed by atoms with Gasteiger partial charge in [-0.1, -0.05) is 6.92 Å². The molecule has 2 aromatic rings. The Morgan fingerprint density at radius 3 is 2.44 bits per heavy atom. The summed E-state index contributed by atoms with van der Waals surface area (Å²) >= 11 is 0. The van der Waals surface area contributed by atoms with E-state index in [2.05, 4.69) is 15.0 Å². The number of nitrogens with zero attached hydrogens (tertiary/aromatic N) is 1. The van der Waals surface area contributed by atoms with Crippen LogP contribution in [0.5, 0.6) is 5.75 Å². The standard InChI is InChI=1S/C18H18F3N5O/c1-2-14(23)16-13(15(24)7-9-22)8-10-25-17(16)26-11-3-5-12(6-4-11)27-18(19,20)21/h3-10,23-24H,2,22H2,1H3,(H,25,26)/b9-7-,23-14?,24-15?. The molecule has 27 heavy (non-hydrogen) atoms. The summed E-state index contributed by atoms with van der Waals surface area (Å²) in [6.07, 6.45) is -0.246. The summed E-state index contributed by atoms with van der Waals surface area (Å²) in [6, 6.07) is 6.75. The molecule has 1 heterocycles. The van der Waals surface area contributed by atoms with E-state index < -0.39 is 6.36 Å². The summed E-state index contributed by atoms with van der Waals surface area (Å²) in [6.45, 7) is 1.80. The summed E-state index contributed by atoms with van der Waals surface area (Å²) in [7, 11) is 0. The highest BCUT2D eigenvalue weighted by Gasteiger charge is 2.31. The summed E-state index contributed by atoms with van der Waals surface area (Å²) < 4.78 is 40.6. The number of rotatable bonds is 7. The number of aromatic nitrogens is 1. The van der Waals surface area contributed by atoms with Crippen LogP contribution in [-0.2, 0) is 0 Å². The number of anilines is 2. The van der Waals surface area contributed by atoms with Gasteiger partial charge in [0.2, 0.25) is 0 Å². The van der Waals surface area contributed by atoms with Crippen LogP contribution in [-0.4, -0.2) is 22.8 Å². The van der Waals surface area contributed by atoms with Crippen molar-refractivity contribution in [1.29, 1.82) is 10.8 Å². The van der Waals surface area contributed by atoms with Gasteiger partial charge in [-0.3, -0.25) is 0 Å². The van der Waals surface area contributed by atoms with E-state index in [4.69, 9.17) is 16.6 Å². The molecular weight excluding hydrogens is 359 g/mol. The molecule has 0 spiro atoms. The normalized spacial score (nSPS) is 11.4. The second kappa shape index (κ2) is 8.35. The summed E-state index contributed by atoms with van der Waals surface area (Å²) in [4.78, 5) is 4.21. The molecule has 5 N–H and O–H groups in total. The molecule has 9 heteroatoms. The van der Waals surface area contributed by atoms with Crippen molar-refractivity contribution >= 4 is 22.9 Å². The zero-order valence-electron chi connectivity index (χ0n) is 14.4. The van der Waals surface area contributed by atoms with Gasteiger partial charge in [0.15, 0.2) is 0 Å². The molecule has 0 amide bonds. The number of alkyl halides is 3. The van der Waals surface area contributed by atoms with Crippen LogP contribution in [0.25, 0.3) is 0 Å². The highest BCUT2D eigenvalue weighted by atomic mass is 19.4. The highest BCUT2D eigenvalue weighted by Crippen LogP contribution is 2.27. The molecule has 142 valence electrons. The van der Waals surface area contributed by atoms with Gasteiger partial charge >= 0.3 is 6.36 Å². The summed E-state index contributed by atoms with van der Waals surface area (Å²) in [5.41, 5.74) is 7.08. The Hall–Kier alpha value is -3.36. The van der Waals surface area contributed by atoms with Crippen LogP contribution in [0.2, 0.25) is 0 Å². The maximum atomic E-state index is 12.2. The lowest BCUT2D eigenvalue weighted by molar-refractivity contribution is -0.274. The van der Waals surface area contributed by atoms with Crippen LogP contribution >= 0.6 is 0 Å². The Balaban J connectivity index is 2.37. The van der Waals surface area contributed by atoms with E-state index in [1.807, 2.05) is 0 Å². The number of pyridine rings is 1. The Morgan fingerprint density at radius 2 is 1.89 bits per heavy atom. The SMILES string of the molecule is CCC(=N)c1c(C(=N)/C=C\N)ccnc1Nc1ccc(OC(F)(F)F)cc1. The van der Waals surface area contributed by atoms with Gasteiger partial charge < -0.3 is 26.6 Å². The fraction of sp³-hybridized carbons (Fsp3) is 0.167. The van der Waals surface area contributed by atoms with Crippen molar-refractivity contribution in [3.05, 3.63) is 59.9 Å². The molecular formula is C18H18F3N5O. The second-order valence-electron chi connectivity index (χ2n) is 5.38. The third-order valence-electron chi connectivity index (χ3n) is 3.51. The van der Waals surface area contributed by atoms with Gasteiger partial charge in [0.25, 0.3) is 0 Å². The fourth-order valence-electron chi connectivity index (χ4n) is 2.33. The molecule has 0 aliphatic carbocycles. The average molecular weight is 377 g/mol. The Morgan fingerprint density at radius 1 is 1.22 bits per heavy atom. The van der Waals surface area contributed by atoms with Crippen LogP contribution in [0.4, 0.5) is 24.7 Å². The van der Waals surface area contributed by atoms with Crippen molar-refractivity contribution in [2.75, 3.05) is 5.32 Å². The quantitative estimate of drug-likeness (QED) is 0.538. The van der Waals surface area contributed by atoms with Gasteiger partial charge in [0, 0.05) is 28.7 Å². The number of allylic oxidation sites excluding steroid dienone is 1. The van der Waals surface area contributed by atoms with Crippen molar-refractivity contribution in [1.82, 2.24) is 4.98 Å². The molecule has 0 saturated heterocycles. The Bertz CT molecular complexity index is 860. The molecule has 0 radical (unpaired) electrons. The van der Waals surface area contributed by atoms with Crippen LogP contribution in [0.3, 0.4) is 0 Å². The van der Waals surface area contributed by atoms with Crippen molar-refractivity contribution in [3.63, 3.8) is 0 Å². The second-order valence-corrected chi connectivity index (χ2v) is 5.38. The topological polar surface area (TPSA) is 108 Å². The molecule has 0 bridgehead atoms. The first-order valence-electron chi connectivity index (χ1n) is 7.92. The molecule has 0 saturated carbocycles. The lowest BCUT2D eigenvalue weighted by atomic mass is 9.98. The predicted molar refractivity (Wildman–Crippen MR) is 97.9 cm³/mol. The zero-order chi connectivity index (χ0) is 20.0. The molecule has 0 unspecified atom stereocenters. The zero-order valence-corrected chi connectivity index (χ0v) is 14.4. The van der Waals surface area contributed by atoms with Crippen LogP contribution in [0.1, 0.15) is 24.5 Å². The van der Waals surface area contributed by atoms with E-state index in [1.54, 1.807) is 13.0 Å². The first-order chi connectivity index (χ1) is 12.7. The number of hydrogen-bond donors (Lipinski definition) is 4. The molecule has 1 aromatic heterocycles. The van der Waals surface area contributed by atoms with Crippen LogP contribution in [0, 0.1) is 10.8 Å². The number of ether oxygens (including phenoxy) is 1. The molecule has 0 aliphatic rings. The van der Waals surface area contributed by atoms with E-state index in [-0.39, 0.29) is 17.2 Å². The molecule has 6 nitrogen and oxygen atoms in total.